The molecule has 2 aliphatic heterocycles. The fourth-order valence-corrected chi connectivity index (χ4v) is 4.89. The normalized spacial score (nSPS) is 41.5. The Bertz CT molecular complexity index is 690. The third-order valence-electron chi connectivity index (χ3n) is 6.16. The molecule has 4 rings (SSSR count). The molecule has 3 fully saturated rings. The molecule has 0 spiro atoms. The molecule has 3 aliphatic rings. The maximum atomic E-state index is 13.5. The van der Waals surface area contributed by atoms with E-state index in [1.807, 2.05) is 13.2 Å². The summed E-state index contributed by atoms with van der Waals surface area (Å²) in [6.45, 7) is 4.22. The molecule has 1 aromatic heterocycles. The maximum absolute atomic E-state index is 13.5. The quantitative estimate of drug-likeness (QED) is 0.792. The SMILES string of the molecule is CC1CC2C(NC3NC(=O)C(C(F)(F)F)N32)C(c2cnn(C)c2)C1C. The summed E-state index contributed by atoms with van der Waals surface area (Å²) < 4.78 is 42.1. The summed E-state index contributed by atoms with van der Waals surface area (Å²) in [7, 11) is 1.83. The van der Waals surface area contributed by atoms with Gasteiger partial charge in [-0.1, -0.05) is 13.8 Å². The molecule has 3 heterocycles. The monoisotopic (exact) mass is 357 g/mol. The third kappa shape index (κ3) is 2.47. The second-order valence-corrected chi connectivity index (χ2v) is 7.61. The van der Waals surface area contributed by atoms with E-state index in [2.05, 4.69) is 29.6 Å². The zero-order valence-electron chi connectivity index (χ0n) is 14.3. The number of hydrogen-bond acceptors (Lipinski definition) is 4. The van der Waals surface area contributed by atoms with Crippen LogP contribution in [0.15, 0.2) is 12.4 Å². The van der Waals surface area contributed by atoms with Crippen LogP contribution in [0, 0.1) is 11.8 Å². The van der Waals surface area contributed by atoms with Crippen LogP contribution in [0.5, 0.6) is 0 Å². The van der Waals surface area contributed by atoms with Crippen LogP contribution in [-0.2, 0) is 11.8 Å². The van der Waals surface area contributed by atoms with E-state index in [9.17, 15) is 18.0 Å². The minimum Gasteiger partial charge on any atom is -0.326 e. The highest BCUT2D eigenvalue weighted by atomic mass is 19.4. The van der Waals surface area contributed by atoms with E-state index < -0.39 is 24.4 Å². The molecule has 9 heteroatoms. The highest BCUT2D eigenvalue weighted by molar-refractivity contribution is 5.85. The van der Waals surface area contributed by atoms with Gasteiger partial charge < -0.3 is 5.32 Å². The lowest BCUT2D eigenvalue weighted by atomic mass is 9.67. The van der Waals surface area contributed by atoms with E-state index in [0.29, 0.717) is 12.3 Å². The number of nitrogens with zero attached hydrogens (tertiary/aromatic N) is 3. The van der Waals surface area contributed by atoms with Crippen LogP contribution < -0.4 is 10.6 Å². The Labute approximate surface area is 143 Å². The number of hydrogen-bond donors (Lipinski definition) is 2. The topological polar surface area (TPSA) is 62.2 Å². The molecule has 25 heavy (non-hydrogen) atoms. The predicted octanol–water partition coefficient (Wildman–Crippen LogP) is 1.17. The van der Waals surface area contributed by atoms with Crippen molar-refractivity contribution in [1.29, 1.82) is 0 Å². The summed E-state index contributed by atoms with van der Waals surface area (Å²) in [5, 5.41) is 9.95. The average molecular weight is 357 g/mol. The zero-order valence-corrected chi connectivity index (χ0v) is 14.3. The van der Waals surface area contributed by atoms with Gasteiger partial charge >= 0.3 is 6.18 Å². The molecular weight excluding hydrogens is 335 g/mol. The number of nitrogens with one attached hydrogen (secondary N) is 2. The Morgan fingerprint density at radius 3 is 2.64 bits per heavy atom. The molecule has 2 saturated heterocycles. The van der Waals surface area contributed by atoms with Gasteiger partial charge in [0, 0.05) is 31.2 Å². The number of amides is 1. The lowest BCUT2D eigenvalue weighted by molar-refractivity contribution is -0.185. The Balaban J connectivity index is 1.71. The van der Waals surface area contributed by atoms with Gasteiger partial charge in [0.15, 0.2) is 6.04 Å². The van der Waals surface area contributed by atoms with Crippen LogP contribution in [-0.4, -0.2) is 51.2 Å². The number of rotatable bonds is 1. The number of carbonyl (C=O) groups excluding carboxylic acids is 1. The summed E-state index contributed by atoms with van der Waals surface area (Å²) in [5.41, 5.74) is 1.03. The number of aromatic nitrogens is 2. The Hall–Kier alpha value is -1.61. The van der Waals surface area contributed by atoms with Gasteiger partial charge in [0.25, 0.3) is 0 Å². The van der Waals surface area contributed by atoms with Gasteiger partial charge in [-0.3, -0.25) is 14.8 Å². The highest BCUT2D eigenvalue weighted by Gasteiger charge is 2.63. The molecule has 1 saturated carbocycles. The molecule has 1 aromatic rings. The lowest BCUT2D eigenvalue weighted by Crippen LogP contribution is -2.55. The molecule has 7 unspecified atom stereocenters. The van der Waals surface area contributed by atoms with Gasteiger partial charge in [0.05, 0.1) is 6.20 Å². The van der Waals surface area contributed by atoms with E-state index in [4.69, 9.17) is 0 Å². The second-order valence-electron chi connectivity index (χ2n) is 7.61. The molecule has 7 atom stereocenters. The minimum absolute atomic E-state index is 0.0545. The summed E-state index contributed by atoms with van der Waals surface area (Å²) in [6, 6.07) is -2.56. The number of aryl methyl sites for hydroxylation is 1. The van der Waals surface area contributed by atoms with Gasteiger partial charge in [-0.15, -0.1) is 0 Å². The largest absolute Gasteiger partial charge is 0.413 e. The average Bonchev–Trinajstić information content (AvgIpc) is 3.13. The van der Waals surface area contributed by atoms with E-state index in [1.165, 1.54) is 4.90 Å². The molecular formula is C16H22F3N5O. The van der Waals surface area contributed by atoms with E-state index in [1.54, 1.807) is 10.9 Å². The van der Waals surface area contributed by atoms with E-state index in [0.717, 1.165) is 5.56 Å². The molecule has 138 valence electrons. The van der Waals surface area contributed by atoms with Crippen LogP contribution in [0.2, 0.25) is 0 Å². The minimum atomic E-state index is -4.58. The fraction of sp³-hybridized carbons (Fsp3) is 0.750. The van der Waals surface area contributed by atoms with E-state index in [-0.39, 0.29) is 23.9 Å². The van der Waals surface area contributed by atoms with Crippen molar-refractivity contribution in [3.8, 4) is 0 Å². The van der Waals surface area contributed by atoms with Crippen LogP contribution in [0.25, 0.3) is 0 Å². The molecule has 0 radical (unpaired) electrons. The molecule has 0 aromatic carbocycles. The lowest BCUT2D eigenvalue weighted by Gasteiger charge is -2.44. The highest BCUT2D eigenvalue weighted by Crippen LogP contribution is 2.47. The fourth-order valence-electron chi connectivity index (χ4n) is 4.89. The van der Waals surface area contributed by atoms with Crippen LogP contribution in [0.3, 0.4) is 0 Å². The first-order chi connectivity index (χ1) is 11.7. The van der Waals surface area contributed by atoms with Crippen molar-refractivity contribution in [3.63, 3.8) is 0 Å². The van der Waals surface area contributed by atoms with Crippen molar-refractivity contribution in [3.05, 3.63) is 18.0 Å². The summed E-state index contributed by atoms with van der Waals surface area (Å²) in [5.74, 6) is -0.360. The molecule has 1 amide bonds. The molecule has 1 aliphatic carbocycles. The van der Waals surface area contributed by atoms with Crippen molar-refractivity contribution >= 4 is 5.91 Å². The van der Waals surface area contributed by atoms with Crippen LogP contribution in [0.1, 0.15) is 31.7 Å². The summed E-state index contributed by atoms with van der Waals surface area (Å²) in [6.07, 6.45) is -0.979. The molecule has 2 N–H and O–H groups in total. The maximum Gasteiger partial charge on any atom is 0.413 e. The van der Waals surface area contributed by atoms with Crippen molar-refractivity contribution in [2.24, 2.45) is 18.9 Å². The summed E-state index contributed by atoms with van der Waals surface area (Å²) in [4.78, 5) is 13.2. The van der Waals surface area contributed by atoms with Crippen LogP contribution in [0.4, 0.5) is 13.2 Å². The first kappa shape index (κ1) is 16.8. The standard InChI is InChI=1S/C16H22F3N5O/c1-7-4-10-12(11(8(7)2)9-5-20-23(3)6-9)21-15-22-14(25)13(24(10)15)16(17,18)19/h5-8,10-13,15,21H,4H2,1-3H3,(H,22,25). The second kappa shape index (κ2) is 5.44. The first-order valence-corrected chi connectivity index (χ1v) is 8.57. The van der Waals surface area contributed by atoms with Crippen LogP contribution >= 0.6 is 0 Å². The van der Waals surface area contributed by atoms with Crippen molar-refractivity contribution < 1.29 is 18.0 Å². The van der Waals surface area contributed by atoms with Crippen molar-refractivity contribution in [2.45, 2.75) is 56.8 Å². The summed E-state index contributed by atoms with van der Waals surface area (Å²) >= 11 is 0. The van der Waals surface area contributed by atoms with Crippen molar-refractivity contribution in [2.75, 3.05) is 0 Å². The number of carbonyl (C=O) groups is 1. The Kier molecular flexibility index (Phi) is 3.66. The van der Waals surface area contributed by atoms with Gasteiger partial charge in [-0.2, -0.15) is 18.3 Å². The molecule has 0 bridgehead atoms. The first-order valence-electron chi connectivity index (χ1n) is 8.57. The Morgan fingerprint density at radius 2 is 2.04 bits per heavy atom. The van der Waals surface area contributed by atoms with Gasteiger partial charge in [0.2, 0.25) is 5.91 Å². The Morgan fingerprint density at radius 1 is 1.32 bits per heavy atom. The smallest absolute Gasteiger partial charge is 0.326 e. The van der Waals surface area contributed by atoms with Gasteiger partial charge in [-0.05, 0) is 23.8 Å². The number of fused-ring (bicyclic) bond motifs is 3. The predicted molar refractivity (Wildman–Crippen MR) is 83.2 cm³/mol. The number of alkyl halides is 3. The zero-order chi connectivity index (χ0) is 18.1. The van der Waals surface area contributed by atoms with Crippen molar-refractivity contribution in [1.82, 2.24) is 25.3 Å². The molecule has 6 nitrogen and oxygen atoms in total. The van der Waals surface area contributed by atoms with E-state index >= 15 is 0 Å². The third-order valence-corrected chi connectivity index (χ3v) is 6.16. The number of halogens is 3. The van der Waals surface area contributed by atoms with Gasteiger partial charge in [0.1, 0.15) is 6.29 Å². The van der Waals surface area contributed by atoms with Gasteiger partial charge in [-0.25, -0.2) is 4.90 Å².